The van der Waals surface area contributed by atoms with E-state index in [1.165, 1.54) is 18.6 Å². The zero-order valence-electron chi connectivity index (χ0n) is 17.9. The van der Waals surface area contributed by atoms with Gasteiger partial charge in [0.25, 0.3) is 5.91 Å². The van der Waals surface area contributed by atoms with E-state index in [4.69, 9.17) is 0 Å². The van der Waals surface area contributed by atoms with Gasteiger partial charge in [-0.2, -0.15) is 0 Å². The van der Waals surface area contributed by atoms with Crippen LogP contribution >= 0.6 is 0 Å². The highest BCUT2D eigenvalue weighted by Gasteiger charge is 2.30. The predicted molar refractivity (Wildman–Crippen MR) is 118 cm³/mol. The molecule has 11 heteroatoms. The first-order valence-corrected chi connectivity index (χ1v) is 10.4. The number of nitrogens with one attached hydrogen (secondary N) is 3. The molecule has 0 aliphatic heterocycles. The number of carbonyl (C=O) groups is 3. The minimum absolute atomic E-state index is 0.0113. The van der Waals surface area contributed by atoms with Crippen LogP contribution in [0.25, 0.3) is 0 Å². The van der Waals surface area contributed by atoms with Gasteiger partial charge in [0.2, 0.25) is 11.8 Å². The van der Waals surface area contributed by atoms with Crippen LogP contribution in [0.1, 0.15) is 42.2 Å². The molecule has 0 radical (unpaired) electrons. The van der Waals surface area contributed by atoms with E-state index in [0.29, 0.717) is 25.8 Å². The molecule has 2 aromatic rings. The van der Waals surface area contributed by atoms with Crippen molar-refractivity contribution in [1.29, 1.82) is 0 Å². The van der Waals surface area contributed by atoms with Gasteiger partial charge in [0, 0.05) is 18.9 Å². The molecule has 3 amide bonds. The molecule has 2 rings (SSSR count). The summed E-state index contributed by atoms with van der Waals surface area (Å²) in [6, 6.07) is 8.45. The zero-order chi connectivity index (χ0) is 23.3. The summed E-state index contributed by atoms with van der Waals surface area (Å²) in [6.45, 7) is 2.10. The largest absolute Gasteiger partial charge is 0.475 e. The molecule has 10 nitrogen and oxygen atoms in total. The van der Waals surface area contributed by atoms with E-state index in [-0.39, 0.29) is 12.1 Å². The number of carbonyl (C=O) groups excluding carboxylic acids is 3. The van der Waals surface area contributed by atoms with Crippen molar-refractivity contribution in [3.8, 4) is 0 Å². The van der Waals surface area contributed by atoms with Crippen molar-refractivity contribution in [2.45, 2.75) is 44.6 Å². The van der Waals surface area contributed by atoms with Crippen LogP contribution in [0.15, 0.2) is 48.9 Å². The van der Waals surface area contributed by atoms with Crippen LogP contribution in [0.4, 0.5) is 0 Å². The maximum atomic E-state index is 12.8. The summed E-state index contributed by atoms with van der Waals surface area (Å²) in [4.78, 5) is 45.0. The number of amides is 3. The molecule has 0 saturated carbocycles. The molecule has 0 spiro atoms. The molecule has 32 heavy (non-hydrogen) atoms. The lowest BCUT2D eigenvalue weighted by molar-refractivity contribution is -0.128. The Hall–Kier alpha value is -3.31. The molecule has 1 aromatic carbocycles. The SMILES string of the molecule is CCNC(=O)C[C@@H](NC(=O)c1cnccn1)C(=O)N[C@@H](CCCc1ccccc1)B(O)O. The van der Waals surface area contributed by atoms with Gasteiger partial charge in [0.15, 0.2) is 0 Å². The Morgan fingerprint density at radius 2 is 1.84 bits per heavy atom. The lowest BCUT2D eigenvalue weighted by Crippen LogP contribution is -2.55. The quantitative estimate of drug-likeness (QED) is 0.282. The third kappa shape index (κ3) is 8.44. The van der Waals surface area contributed by atoms with E-state index >= 15 is 0 Å². The highest BCUT2D eigenvalue weighted by Crippen LogP contribution is 2.08. The van der Waals surface area contributed by atoms with E-state index in [2.05, 4.69) is 25.9 Å². The molecule has 1 heterocycles. The van der Waals surface area contributed by atoms with Crippen LogP contribution in [0, 0.1) is 0 Å². The van der Waals surface area contributed by atoms with Gasteiger partial charge in [0.1, 0.15) is 11.7 Å². The summed E-state index contributed by atoms with van der Waals surface area (Å²) in [5, 5.41) is 27.0. The van der Waals surface area contributed by atoms with E-state index in [0.717, 1.165) is 5.56 Å². The van der Waals surface area contributed by atoms with Gasteiger partial charge in [0.05, 0.1) is 18.6 Å². The molecule has 0 aliphatic rings. The van der Waals surface area contributed by atoms with Crippen molar-refractivity contribution >= 4 is 24.8 Å². The second-order valence-corrected chi connectivity index (χ2v) is 7.18. The molecule has 1 aromatic heterocycles. The Morgan fingerprint density at radius 3 is 2.47 bits per heavy atom. The third-order valence-corrected chi connectivity index (χ3v) is 4.69. The second-order valence-electron chi connectivity index (χ2n) is 7.18. The molecule has 0 fully saturated rings. The van der Waals surface area contributed by atoms with Gasteiger partial charge in [-0.05, 0) is 31.7 Å². The third-order valence-electron chi connectivity index (χ3n) is 4.69. The van der Waals surface area contributed by atoms with Crippen LogP contribution in [0.5, 0.6) is 0 Å². The molecule has 0 saturated heterocycles. The van der Waals surface area contributed by atoms with Crippen LogP contribution in [-0.4, -0.2) is 63.4 Å². The normalized spacial score (nSPS) is 12.3. The standard InChI is InChI=1S/C21H28BN5O5/c1-2-24-19(28)13-16(26-21(30)17-14-23-11-12-25-17)20(29)27-18(22(31)32)10-6-9-15-7-4-3-5-8-15/h3-5,7-8,11-12,14,16,18,31-32H,2,6,9-10,13H2,1H3,(H,24,28)(H,26,30)(H,27,29)/t16-,18+/m1/s1. The Labute approximate surface area is 187 Å². The number of hydrogen-bond donors (Lipinski definition) is 5. The molecule has 0 bridgehead atoms. The Morgan fingerprint density at radius 1 is 1.09 bits per heavy atom. The van der Waals surface area contributed by atoms with Crippen LogP contribution in [0.3, 0.4) is 0 Å². The predicted octanol–water partition coefficient (Wildman–Crippen LogP) is -0.379. The highest BCUT2D eigenvalue weighted by atomic mass is 16.4. The van der Waals surface area contributed by atoms with Crippen LogP contribution < -0.4 is 16.0 Å². The van der Waals surface area contributed by atoms with E-state index in [1.807, 2.05) is 30.3 Å². The van der Waals surface area contributed by atoms with Gasteiger partial charge in [-0.25, -0.2) is 4.98 Å². The number of aryl methyl sites for hydroxylation is 1. The molecule has 0 aliphatic carbocycles. The summed E-state index contributed by atoms with van der Waals surface area (Å²) < 4.78 is 0. The second kappa shape index (κ2) is 13.2. The summed E-state index contributed by atoms with van der Waals surface area (Å²) >= 11 is 0. The maximum absolute atomic E-state index is 12.8. The first-order valence-electron chi connectivity index (χ1n) is 10.4. The van der Waals surface area contributed by atoms with Gasteiger partial charge >= 0.3 is 7.12 Å². The van der Waals surface area contributed by atoms with Gasteiger partial charge in [-0.3, -0.25) is 19.4 Å². The summed E-state index contributed by atoms with van der Waals surface area (Å²) in [5.41, 5.74) is 1.08. The summed E-state index contributed by atoms with van der Waals surface area (Å²) in [7, 11) is -1.80. The monoisotopic (exact) mass is 441 g/mol. The topological polar surface area (TPSA) is 154 Å². The van der Waals surface area contributed by atoms with Crippen molar-refractivity contribution in [1.82, 2.24) is 25.9 Å². The van der Waals surface area contributed by atoms with Crippen molar-refractivity contribution < 1.29 is 24.4 Å². The smallest absolute Gasteiger partial charge is 0.426 e. The van der Waals surface area contributed by atoms with Crippen molar-refractivity contribution in [2.75, 3.05) is 6.54 Å². The van der Waals surface area contributed by atoms with Crippen molar-refractivity contribution in [2.24, 2.45) is 0 Å². The first-order chi connectivity index (χ1) is 15.4. The fourth-order valence-electron chi connectivity index (χ4n) is 3.06. The van der Waals surface area contributed by atoms with E-state index in [9.17, 15) is 24.4 Å². The molecule has 2 atom stereocenters. The van der Waals surface area contributed by atoms with E-state index < -0.39 is 36.8 Å². The Balaban J connectivity index is 2.02. The molecule has 5 N–H and O–H groups in total. The molecule has 170 valence electrons. The number of aromatic nitrogens is 2. The molecule has 0 unspecified atom stereocenters. The van der Waals surface area contributed by atoms with Crippen molar-refractivity contribution in [3.63, 3.8) is 0 Å². The summed E-state index contributed by atoms with van der Waals surface area (Å²) in [5.74, 6) is -2.77. The average molecular weight is 441 g/mol. The van der Waals surface area contributed by atoms with Crippen molar-refractivity contribution in [3.05, 3.63) is 60.2 Å². The lowest BCUT2D eigenvalue weighted by atomic mass is 9.76. The fourth-order valence-corrected chi connectivity index (χ4v) is 3.06. The van der Waals surface area contributed by atoms with E-state index in [1.54, 1.807) is 6.92 Å². The number of nitrogens with zero attached hydrogens (tertiary/aromatic N) is 2. The van der Waals surface area contributed by atoms with Gasteiger partial charge < -0.3 is 26.0 Å². The number of hydrogen-bond acceptors (Lipinski definition) is 7. The Bertz CT molecular complexity index is 869. The number of rotatable bonds is 12. The minimum atomic E-state index is -1.80. The lowest BCUT2D eigenvalue weighted by Gasteiger charge is -2.23. The molecular formula is C21H28BN5O5. The fraction of sp³-hybridized carbons (Fsp3) is 0.381. The Kier molecular flexibility index (Phi) is 10.3. The van der Waals surface area contributed by atoms with Crippen LogP contribution in [0.2, 0.25) is 0 Å². The van der Waals surface area contributed by atoms with Gasteiger partial charge in [-0.1, -0.05) is 30.3 Å². The maximum Gasteiger partial charge on any atom is 0.475 e. The number of benzene rings is 1. The summed E-state index contributed by atoms with van der Waals surface area (Å²) in [6.07, 6.45) is 5.25. The zero-order valence-corrected chi connectivity index (χ0v) is 17.9. The highest BCUT2D eigenvalue weighted by molar-refractivity contribution is 6.43. The average Bonchev–Trinajstić information content (AvgIpc) is 2.79. The molecular weight excluding hydrogens is 413 g/mol. The van der Waals surface area contributed by atoms with Gasteiger partial charge in [-0.15, -0.1) is 0 Å². The first kappa shape index (κ1) is 25.0. The van der Waals surface area contributed by atoms with Crippen LogP contribution in [-0.2, 0) is 16.0 Å². The minimum Gasteiger partial charge on any atom is -0.426 e.